The summed E-state index contributed by atoms with van der Waals surface area (Å²) in [5, 5.41) is 4.70. The molecule has 3 heterocycles. The summed E-state index contributed by atoms with van der Waals surface area (Å²) < 4.78 is 0. The van der Waals surface area contributed by atoms with Gasteiger partial charge < -0.3 is 10.2 Å². The highest BCUT2D eigenvalue weighted by molar-refractivity contribution is 7.13. The molecule has 0 unspecified atom stereocenters. The first-order chi connectivity index (χ1) is 11.2. The van der Waals surface area contributed by atoms with Crippen LogP contribution in [0.5, 0.6) is 0 Å². The number of piperidine rings is 1. The molecule has 0 radical (unpaired) electrons. The lowest BCUT2D eigenvalue weighted by atomic mass is 9.78. The zero-order valence-corrected chi connectivity index (χ0v) is 14.9. The molecule has 4 rings (SSSR count). The molecule has 126 valence electrons. The highest BCUT2D eigenvalue weighted by atomic mass is 32.1. The van der Waals surface area contributed by atoms with Crippen LogP contribution >= 0.6 is 11.3 Å². The Bertz CT molecular complexity index is 575. The van der Waals surface area contributed by atoms with E-state index in [9.17, 15) is 4.79 Å². The van der Waals surface area contributed by atoms with Crippen LogP contribution in [0.1, 0.15) is 71.2 Å². The highest BCUT2D eigenvalue weighted by Crippen LogP contribution is 2.39. The van der Waals surface area contributed by atoms with Crippen LogP contribution in [0, 0.1) is 12.3 Å². The van der Waals surface area contributed by atoms with Crippen molar-refractivity contribution in [1.82, 2.24) is 15.2 Å². The molecule has 1 spiro atoms. The lowest BCUT2D eigenvalue weighted by molar-refractivity contribution is 0.0611. The third-order valence-electron chi connectivity index (χ3n) is 6.16. The molecule has 1 aromatic rings. The number of nitrogens with one attached hydrogen (secondary N) is 1. The van der Waals surface area contributed by atoms with Crippen molar-refractivity contribution in [3.05, 3.63) is 15.6 Å². The number of carbonyl (C=O) groups is 1. The zero-order chi connectivity index (χ0) is 15.9. The van der Waals surface area contributed by atoms with E-state index in [1.807, 2.05) is 6.92 Å². The summed E-state index contributed by atoms with van der Waals surface area (Å²) >= 11 is 1.67. The van der Waals surface area contributed by atoms with Gasteiger partial charge in [-0.15, -0.1) is 11.3 Å². The van der Waals surface area contributed by atoms with Gasteiger partial charge in [-0.1, -0.05) is 12.8 Å². The Balaban J connectivity index is 1.45. The number of likely N-dealkylation sites (tertiary alicyclic amines) is 1. The summed E-state index contributed by atoms with van der Waals surface area (Å²) in [4.78, 5) is 20.6. The fourth-order valence-electron chi connectivity index (χ4n) is 4.51. The Kier molecular flexibility index (Phi) is 4.18. The van der Waals surface area contributed by atoms with Gasteiger partial charge in [0.05, 0.1) is 10.7 Å². The van der Waals surface area contributed by atoms with Crippen LogP contribution < -0.4 is 5.32 Å². The SMILES string of the molecule is Cc1nc(C2CCCC2)sc1C(=O)N1CCC2(CCNC2)CC1. The van der Waals surface area contributed by atoms with Crippen molar-refractivity contribution < 1.29 is 4.79 Å². The third-order valence-corrected chi connectivity index (χ3v) is 7.46. The number of hydrogen-bond acceptors (Lipinski definition) is 4. The van der Waals surface area contributed by atoms with Crippen LogP contribution in [0.3, 0.4) is 0 Å². The van der Waals surface area contributed by atoms with E-state index in [4.69, 9.17) is 4.98 Å². The number of nitrogens with zero attached hydrogens (tertiary/aromatic N) is 2. The molecule has 0 atom stereocenters. The molecule has 3 aliphatic rings. The van der Waals surface area contributed by atoms with Crippen molar-refractivity contribution in [2.24, 2.45) is 5.41 Å². The van der Waals surface area contributed by atoms with E-state index < -0.39 is 0 Å². The predicted octanol–water partition coefficient (Wildman–Crippen LogP) is 3.32. The van der Waals surface area contributed by atoms with E-state index in [0.29, 0.717) is 11.3 Å². The van der Waals surface area contributed by atoms with E-state index in [2.05, 4.69) is 10.2 Å². The van der Waals surface area contributed by atoms with Gasteiger partial charge in [-0.2, -0.15) is 0 Å². The molecule has 0 bridgehead atoms. The van der Waals surface area contributed by atoms with Crippen molar-refractivity contribution in [2.45, 2.75) is 57.8 Å². The van der Waals surface area contributed by atoms with E-state index in [1.54, 1.807) is 11.3 Å². The molecule has 1 aliphatic carbocycles. The molecule has 0 aromatic carbocycles. The Morgan fingerprint density at radius 2 is 2.00 bits per heavy atom. The molecule has 4 nitrogen and oxygen atoms in total. The molecule has 23 heavy (non-hydrogen) atoms. The lowest BCUT2D eigenvalue weighted by Gasteiger charge is -2.38. The van der Waals surface area contributed by atoms with Gasteiger partial charge in [0.25, 0.3) is 5.91 Å². The average molecular weight is 334 g/mol. The number of hydrogen-bond donors (Lipinski definition) is 1. The van der Waals surface area contributed by atoms with Crippen LogP contribution in [0.15, 0.2) is 0 Å². The van der Waals surface area contributed by atoms with Crippen molar-refractivity contribution >= 4 is 17.2 Å². The van der Waals surface area contributed by atoms with Crippen molar-refractivity contribution in [3.8, 4) is 0 Å². The second-order valence-corrected chi connectivity index (χ2v) is 8.70. The van der Waals surface area contributed by atoms with Crippen LogP contribution in [0.25, 0.3) is 0 Å². The van der Waals surface area contributed by atoms with Crippen LogP contribution in [-0.2, 0) is 0 Å². The summed E-state index contributed by atoms with van der Waals surface area (Å²) in [7, 11) is 0. The molecule has 5 heteroatoms. The summed E-state index contributed by atoms with van der Waals surface area (Å²) in [6.07, 6.45) is 8.71. The van der Waals surface area contributed by atoms with E-state index in [1.165, 1.54) is 37.1 Å². The second-order valence-electron chi connectivity index (χ2n) is 7.67. The molecular formula is C18H27N3OS. The minimum absolute atomic E-state index is 0.227. The quantitative estimate of drug-likeness (QED) is 0.903. The molecule has 1 amide bonds. The van der Waals surface area contributed by atoms with Crippen LogP contribution in [0.2, 0.25) is 0 Å². The smallest absolute Gasteiger partial charge is 0.265 e. The van der Waals surface area contributed by atoms with Gasteiger partial charge in [0.1, 0.15) is 4.88 Å². The van der Waals surface area contributed by atoms with Crippen LogP contribution in [-0.4, -0.2) is 42.0 Å². The number of thiazole rings is 1. The zero-order valence-electron chi connectivity index (χ0n) is 14.1. The van der Waals surface area contributed by atoms with Gasteiger partial charge in [-0.25, -0.2) is 4.98 Å². The predicted molar refractivity (Wildman–Crippen MR) is 93.1 cm³/mol. The third kappa shape index (κ3) is 2.93. The number of amides is 1. The minimum Gasteiger partial charge on any atom is -0.338 e. The summed E-state index contributed by atoms with van der Waals surface area (Å²) in [5.41, 5.74) is 1.42. The standard InChI is InChI=1S/C18H27N3OS/c1-13-15(23-16(20-13)14-4-2-3-5-14)17(22)21-10-7-18(8-11-21)6-9-19-12-18/h14,19H,2-12H2,1H3. The molecule has 1 saturated carbocycles. The first-order valence-corrected chi connectivity index (χ1v) is 9.96. The Morgan fingerprint density at radius 1 is 1.26 bits per heavy atom. The Morgan fingerprint density at radius 3 is 2.65 bits per heavy atom. The van der Waals surface area contributed by atoms with Crippen molar-refractivity contribution in [3.63, 3.8) is 0 Å². The average Bonchev–Trinajstić information content (AvgIpc) is 3.28. The van der Waals surface area contributed by atoms with E-state index in [0.717, 1.165) is 49.6 Å². The molecule has 3 fully saturated rings. The fraction of sp³-hybridized carbons (Fsp3) is 0.778. The Hall–Kier alpha value is -0.940. The Labute approximate surface area is 142 Å². The summed E-state index contributed by atoms with van der Waals surface area (Å²) in [5.74, 6) is 0.833. The maximum absolute atomic E-state index is 12.9. The monoisotopic (exact) mass is 333 g/mol. The first kappa shape index (κ1) is 15.6. The molecular weight excluding hydrogens is 306 g/mol. The van der Waals surface area contributed by atoms with Crippen LogP contribution in [0.4, 0.5) is 0 Å². The number of aromatic nitrogens is 1. The number of rotatable bonds is 2. The summed E-state index contributed by atoms with van der Waals surface area (Å²) in [6.45, 7) is 6.12. The fourth-order valence-corrected chi connectivity index (χ4v) is 5.72. The van der Waals surface area contributed by atoms with Gasteiger partial charge in [-0.3, -0.25) is 4.79 Å². The maximum Gasteiger partial charge on any atom is 0.265 e. The number of aryl methyl sites for hydroxylation is 1. The summed E-state index contributed by atoms with van der Waals surface area (Å²) in [6, 6.07) is 0. The first-order valence-electron chi connectivity index (χ1n) is 9.14. The van der Waals surface area contributed by atoms with Gasteiger partial charge in [0.15, 0.2) is 0 Å². The largest absolute Gasteiger partial charge is 0.338 e. The van der Waals surface area contributed by atoms with Gasteiger partial charge in [0.2, 0.25) is 0 Å². The van der Waals surface area contributed by atoms with Gasteiger partial charge in [0, 0.05) is 25.6 Å². The number of carbonyl (C=O) groups excluding carboxylic acids is 1. The normalized spacial score (nSPS) is 24.7. The van der Waals surface area contributed by atoms with Gasteiger partial charge in [-0.05, 0) is 51.0 Å². The molecule has 1 aromatic heterocycles. The molecule has 2 aliphatic heterocycles. The van der Waals surface area contributed by atoms with E-state index >= 15 is 0 Å². The maximum atomic E-state index is 12.9. The van der Waals surface area contributed by atoms with Crippen molar-refractivity contribution in [2.75, 3.05) is 26.2 Å². The minimum atomic E-state index is 0.227. The van der Waals surface area contributed by atoms with Crippen molar-refractivity contribution in [1.29, 1.82) is 0 Å². The highest BCUT2D eigenvalue weighted by Gasteiger charge is 2.38. The molecule has 2 saturated heterocycles. The van der Waals surface area contributed by atoms with E-state index in [-0.39, 0.29) is 5.91 Å². The topological polar surface area (TPSA) is 45.2 Å². The lowest BCUT2D eigenvalue weighted by Crippen LogP contribution is -2.44. The van der Waals surface area contributed by atoms with Gasteiger partial charge >= 0.3 is 0 Å². The second kappa shape index (κ2) is 6.17. The molecule has 1 N–H and O–H groups in total.